The van der Waals surface area contributed by atoms with Crippen LogP contribution in [0.4, 0.5) is 20.2 Å². The van der Waals surface area contributed by atoms with Gasteiger partial charge in [-0.1, -0.05) is 30.3 Å². The number of hydrogen-bond acceptors (Lipinski definition) is 4. The quantitative estimate of drug-likeness (QED) is 0.694. The van der Waals surface area contributed by atoms with E-state index < -0.39 is 29.4 Å². The molecule has 3 rings (SSSR count). The Labute approximate surface area is 163 Å². The molecule has 0 aromatic heterocycles. The van der Waals surface area contributed by atoms with Crippen LogP contribution in [-0.4, -0.2) is 17.8 Å². The van der Waals surface area contributed by atoms with Gasteiger partial charge in [-0.25, -0.2) is 8.78 Å². The molecule has 0 unspecified atom stereocenters. The van der Waals surface area contributed by atoms with Crippen molar-refractivity contribution >= 4 is 29.2 Å². The lowest BCUT2D eigenvalue weighted by atomic mass is 10.1. The number of carbonyl (C=O) groups excluding carboxylic acids is 3. The van der Waals surface area contributed by atoms with Gasteiger partial charge in [-0.3, -0.25) is 9.59 Å². The number of nitrogens with one attached hydrogen (secondary N) is 2. The molecule has 0 radical (unpaired) electrons. The number of carboxylic acids is 1. The second-order valence-electron chi connectivity index (χ2n) is 5.92. The Morgan fingerprint density at radius 1 is 0.690 bits per heavy atom. The van der Waals surface area contributed by atoms with Gasteiger partial charge in [0.25, 0.3) is 11.8 Å². The van der Waals surface area contributed by atoms with Crippen LogP contribution in [0.3, 0.4) is 0 Å². The van der Waals surface area contributed by atoms with E-state index in [1.54, 1.807) is 0 Å². The number of aromatic carboxylic acids is 1. The lowest BCUT2D eigenvalue weighted by molar-refractivity contribution is -0.255. The maximum absolute atomic E-state index is 13.9. The largest absolute Gasteiger partial charge is 0.545 e. The summed E-state index contributed by atoms with van der Waals surface area (Å²) >= 11 is 0. The van der Waals surface area contributed by atoms with Crippen LogP contribution in [0, 0.1) is 11.6 Å². The molecule has 8 heteroatoms. The monoisotopic (exact) mass is 395 g/mol. The molecular formula is C21H13F2N2O4-. The molecule has 0 saturated carbocycles. The molecule has 146 valence electrons. The molecular weight excluding hydrogens is 382 g/mol. The van der Waals surface area contributed by atoms with Gasteiger partial charge in [0.1, 0.15) is 11.6 Å². The van der Waals surface area contributed by atoms with E-state index in [4.69, 9.17) is 0 Å². The van der Waals surface area contributed by atoms with E-state index in [-0.39, 0.29) is 28.1 Å². The number of rotatable bonds is 5. The summed E-state index contributed by atoms with van der Waals surface area (Å²) < 4.78 is 27.7. The normalized spacial score (nSPS) is 10.3. The number of hydrogen-bond donors (Lipinski definition) is 2. The van der Waals surface area contributed by atoms with Crippen molar-refractivity contribution in [3.05, 3.63) is 95.1 Å². The van der Waals surface area contributed by atoms with E-state index in [1.807, 2.05) is 0 Å². The predicted octanol–water partition coefficient (Wildman–Crippen LogP) is 2.83. The van der Waals surface area contributed by atoms with E-state index in [9.17, 15) is 28.3 Å². The van der Waals surface area contributed by atoms with Crippen LogP contribution < -0.4 is 15.7 Å². The number of carboxylic acid groups (broad SMARTS) is 1. The molecule has 0 saturated heterocycles. The van der Waals surface area contributed by atoms with E-state index in [1.165, 1.54) is 42.5 Å². The zero-order chi connectivity index (χ0) is 21.0. The van der Waals surface area contributed by atoms with Gasteiger partial charge in [0, 0.05) is 0 Å². The smallest absolute Gasteiger partial charge is 0.258 e. The highest BCUT2D eigenvalue weighted by Gasteiger charge is 2.17. The SMILES string of the molecule is O=C([O-])c1ccc(NC(=O)c2ccccc2F)c(NC(=O)c2ccccc2F)c1. The van der Waals surface area contributed by atoms with Crippen molar-refractivity contribution in [2.24, 2.45) is 0 Å². The topological polar surface area (TPSA) is 98.3 Å². The van der Waals surface area contributed by atoms with Crippen LogP contribution in [0.2, 0.25) is 0 Å². The average molecular weight is 395 g/mol. The third-order valence-corrected chi connectivity index (χ3v) is 3.99. The Kier molecular flexibility index (Phi) is 5.64. The highest BCUT2D eigenvalue weighted by atomic mass is 19.1. The third-order valence-electron chi connectivity index (χ3n) is 3.99. The molecule has 29 heavy (non-hydrogen) atoms. The van der Waals surface area contributed by atoms with Crippen LogP contribution >= 0.6 is 0 Å². The summed E-state index contributed by atoms with van der Waals surface area (Å²) in [5, 5.41) is 15.9. The molecule has 6 nitrogen and oxygen atoms in total. The summed E-state index contributed by atoms with van der Waals surface area (Å²) in [5.41, 5.74) is -0.934. The minimum atomic E-state index is -1.52. The Bertz CT molecular complexity index is 1120. The summed E-state index contributed by atoms with van der Waals surface area (Å²) in [6, 6.07) is 13.8. The Balaban J connectivity index is 1.94. The maximum atomic E-state index is 13.9. The Morgan fingerprint density at radius 3 is 1.66 bits per heavy atom. The van der Waals surface area contributed by atoms with Gasteiger partial charge in [0.15, 0.2) is 0 Å². The van der Waals surface area contributed by atoms with Crippen molar-refractivity contribution in [3.63, 3.8) is 0 Å². The molecule has 0 atom stereocenters. The van der Waals surface area contributed by atoms with Crippen molar-refractivity contribution in [1.29, 1.82) is 0 Å². The zero-order valence-electron chi connectivity index (χ0n) is 14.7. The average Bonchev–Trinajstić information content (AvgIpc) is 2.69. The number of halogens is 2. The first-order valence-corrected chi connectivity index (χ1v) is 8.34. The summed E-state index contributed by atoms with van der Waals surface area (Å²) in [6.45, 7) is 0. The van der Waals surface area contributed by atoms with Crippen molar-refractivity contribution < 1.29 is 28.3 Å². The lowest BCUT2D eigenvalue weighted by Gasteiger charge is -2.15. The van der Waals surface area contributed by atoms with Gasteiger partial charge in [-0.05, 0) is 42.0 Å². The molecule has 2 N–H and O–H groups in total. The van der Waals surface area contributed by atoms with E-state index in [0.29, 0.717) is 0 Å². The van der Waals surface area contributed by atoms with E-state index >= 15 is 0 Å². The number of anilines is 2. The first-order valence-electron chi connectivity index (χ1n) is 8.34. The van der Waals surface area contributed by atoms with Gasteiger partial charge in [-0.2, -0.15) is 0 Å². The Morgan fingerprint density at radius 2 is 1.17 bits per heavy atom. The molecule has 0 bridgehead atoms. The maximum Gasteiger partial charge on any atom is 0.258 e. The summed E-state index contributed by atoms with van der Waals surface area (Å²) in [6.07, 6.45) is 0. The first-order chi connectivity index (χ1) is 13.9. The first kappa shape index (κ1) is 19.7. The highest BCUT2D eigenvalue weighted by molar-refractivity contribution is 6.10. The number of amides is 2. The van der Waals surface area contributed by atoms with E-state index in [0.717, 1.165) is 24.3 Å². The second-order valence-corrected chi connectivity index (χ2v) is 5.92. The predicted molar refractivity (Wildman–Crippen MR) is 99.5 cm³/mol. The third kappa shape index (κ3) is 4.44. The summed E-state index contributed by atoms with van der Waals surface area (Å²) in [7, 11) is 0. The summed E-state index contributed by atoms with van der Waals surface area (Å²) in [5.74, 6) is -4.73. The Hall–Kier alpha value is -4.07. The van der Waals surface area contributed by atoms with Gasteiger partial charge in [0.05, 0.1) is 28.5 Å². The van der Waals surface area contributed by atoms with Crippen molar-refractivity contribution in [2.45, 2.75) is 0 Å². The standard InChI is InChI=1S/C21H14F2N2O4/c22-15-7-3-1-5-13(15)19(26)24-17-10-9-12(21(28)29)11-18(17)25-20(27)14-6-2-4-8-16(14)23/h1-11H,(H,24,26)(H,25,27)(H,28,29)/p-1. The van der Waals surface area contributed by atoms with Gasteiger partial charge < -0.3 is 20.5 Å². The number of benzene rings is 3. The fourth-order valence-corrected chi connectivity index (χ4v) is 2.55. The van der Waals surface area contributed by atoms with E-state index in [2.05, 4.69) is 10.6 Å². The van der Waals surface area contributed by atoms with Crippen molar-refractivity contribution in [2.75, 3.05) is 10.6 Å². The molecule has 3 aromatic rings. The molecule has 0 aliphatic heterocycles. The molecule has 0 aliphatic rings. The minimum Gasteiger partial charge on any atom is -0.545 e. The highest BCUT2D eigenvalue weighted by Crippen LogP contribution is 2.25. The molecule has 0 spiro atoms. The molecule has 3 aromatic carbocycles. The summed E-state index contributed by atoms with van der Waals surface area (Å²) in [4.78, 5) is 35.9. The van der Waals surface area contributed by atoms with Gasteiger partial charge in [0.2, 0.25) is 0 Å². The van der Waals surface area contributed by atoms with Gasteiger partial charge >= 0.3 is 0 Å². The lowest BCUT2D eigenvalue weighted by Crippen LogP contribution is -2.23. The van der Waals surface area contributed by atoms with Gasteiger partial charge in [-0.15, -0.1) is 0 Å². The van der Waals surface area contributed by atoms with Crippen LogP contribution in [0.25, 0.3) is 0 Å². The molecule has 0 aliphatic carbocycles. The molecule has 0 heterocycles. The fourth-order valence-electron chi connectivity index (χ4n) is 2.55. The second kappa shape index (κ2) is 8.30. The van der Waals surface area contributed by atoms with Crippen LogP contribution in [0.15, 0.2) is 66.7 Å². The zero-order valence-corrected chi connectivity index (χ0v) is 14.7. The number of carbonyl (C=O) groups is 3. The minimum absolute atomic E-state index is 0.00653. The van der Waals surface area contributed by atoms with Crippen molar-refractivity contribution in [1.82, 2.24) is 0 Å². The van der Waals surface area contributed by atoms with Crippen LogP contribution in [0.5, 0.6) is 0 Å². The van der Waals surface area contributed by atoms with Crippen molar-refractivity contribution in [3.8, 4) is 0 Å². The fraction of sp³-hybridized carbons (Fsp3) is 0. The molecule has 2 amide bonds. The molecule has 0 fully saturated rings. The van der Waals surface area contributed by atoms with Crippen LogP contribution in [-0.2, 0) is 0 Å². The van der Waals surface area contributed by atoms with Crippen LogP contribution in [0.1, 0.15) is 31.1 Å².